The van der Waals surface area contributed by atoms with Gasteiger partial charge in [-0.3, -0.25) is 9.78 Å². The van der Waals surface area contributed by atoms with Crippen LogP contribution in [0.3, 0.4) is 0 Å². The summed E-state index contributed by atoms with van der Waals surface area (Å²) in [5.74, 6) is 0.308. The molecule has 38 heavy (non-hydrogen) atoms. The van der Waals surface area contributed by atoms with E-state index < -0.39 is 12.0 Å². The maximum atomic E-state index is 13.4. The third kappa shape index (κ3) is 5.84. The number of esters is 1. The van der Waals surface area contributed by atoms with Crippen LogP contribution in [0.25, 0.3) is 0 Å². The Kier molecular flexibility index (Phi) is 9.03. The van der Waals surface area contributed by atoms with Crippen LogP contribution >= 0.6 is 11.8 Å². The Bertz CT molecular complexity index is 1280. The highest BCUT2D eigenvalue weighted by molar-refractivity contribution is 8.16. The number of carbonyl (C=O) groups is 2. The van der Waals surface area contributed by atoms with Gasteiger partial charge in [0.1, 0.15) is 6.61 Å². The smallest absolute Gasteiger partial charge is 0.338 e. The Morgan fingerprint density at radius 2 is 1.95 bits per heavy atom. The molecule has 1 N–H and O–H groups in total. The second-order valence-electron chi connectivity index (χ2n) is 8.42. The maximum Gasteiger partial charge on any atom is 0.338 e. The minimum atomic E-state index is -0.657. The average Bonchev–Trinajstić information content (AvgIpc) is 3.32. The number of fused-ring (bicyclic) bond motifs is 1. The topological polar surface area (TPSA) is 112 Å². The van der Waals surface area contributed by atoms with Gasteiger partial charge in [-0.15, -0.1) is 0 Å². The zero-order valence-corrected chi connectivity index (χ0v) is 22.5. The molecule has 0 spiro atoms. The van der Waals surface area contributed by atoms with Crippen molar-refractivity contribution in [3.05, 3.63) is 76.2 Å². The summed E-state index contributed by atoms with van der Waals surface area (Å²) in [6, 6.07) is 8.55. The van der Waals surface area contributed by atoms with Crippen LogP contribution in [0.1, 0.15) is 30.5 Å². The van der Waals surface area contributed by atoms with E-state index in [1.807, 2.05) is 34.6 Å². The van der Waals surface area contributed by atoms with E-state index in [-0.39, 0.29) is 25.5 Å². The average molecular weight is 539 g/mol. The molecule has 1 aromatic carbocycles. The summed E-state index contributed by atoms with van der Waals surface area (Å²) < 4.78 is 21.8. The van der Waals surface area contributed by atoms with Crippen LogP contribution < -0.4 is 14.8 Å². The number of amides is 1. The molecule has 0 saturated carbocycles. The largest absolute Gasteiger partial charge is 0.493 e. The van der Waals surface area contributed by atoms with Crippen molar-refractivity contribution in [2.75, 3.05) is 34.5 Å². The highest BCUT2D eigenvalue weighted by Crippen LogP contribution is 2.48. The van der Waals surface area contributed by atoms with Crippen LogP contribution in [0.4, 0.5) is 0 Å². The van der Waals surface area contributed by atoms with Crippen molar-refractivity contribution in [2.24, 2.45) is 4.99 Å². The number of ether oxygens (including phenoxy) is 4. The maximum absolute atomic E-state index is 13.4. The summed E-state index contributed by atoms with van der Waals surface area (Å²) in [6.07, 6.45) is 3.48. The van der Waals surface area contributed by atoms with Crippen LogP contribution in [0.15, 0.2) is 70.1 Å². The Labute approximate surface area is 225 Å². The van der Waals surface area contributed by atoms with Crippen molar-refractivity contribution >= 4 is 28.8 Å². The zero-order chi connectivity index (χ0) is 27.1. The zero-order valence-electron chi connectivity index (χ0n) is 21.7. The number of hydrogen-bond donors (Lipinski definition) is 1. The van der Waals surface area contributed by atoms with E-state index in [1.54, 1.807) is 39.6 Å². The first-order valence-electron chi connectivity index (χ1n) is 11.9. The Morgan fingerprint density at radius 3 is 2.66 bits per heavy atom. The molecule has 2 aliphatic rings. The fourth-order valence-electron chi connectivity index (χ4n) is 4.28. The molecule has 4 rings (SSSR count). The lowest BCUT2D eigenvalue weighted by Crippen LogP contribution is -2.38. The predicted molar refractivity (Wildman–Crippen MR) is 143 cm³/mol. The van der Waals surface area contributed by atoms with E-state index in [0.29, 0.717) is 45.7 Å². The van der Waals surface area contributed by atoms with Crippen molar-refractivity contribution in [2.45, 2.75) is 25.9 Å². The number of aromatic nitrogens is 1. The molecule has 1 amide bonds. The quantitative estimate of drug-likeness (QED) is 0.339. The molecule has 10 nitrogen and oxygen atoms in total. The number of nitrogens with zero attached hydrogens (tertiary/aromatic N) is 3. The molecule has 0 radical (unpaired) electrons. The number of carbonyl (C=O) groups excluding carboxylic acids is 2. The first-order valence-corrected chi connectivity index (χ1v) is 12.8. The summed E-state index contributed by atoms with van der Waals surface area (Å²) in [6.45, 7) is 2.49. The lowest BCUT2D eigenvalue weighted by molar-refractivity contribution is -0.141. The van der Waals surface area contributed by atoms with E-state index in [2.05, 4.69) is 15.3 Å². The lowest BCUT2D eigenvalue weighted by atomic mass is 9.92. The highest BCUT2D eigenvalue weighted by Gasteiger charge is 2.42. The van der Waals surface area contributed by atoms with Crippen molar-refractivity contribution < 1.29 is 28.5 Å². The SMILES string of the molecule is COCCOC(=O)C1=C(C)N=C2SC=C(CC(=O)NCc3cccnc3)N2[C@H]1c1cccc(OC)c1OC. The van der Waals surface area contributed by atoms with Crippen LogP contribution in [-0.2, 0) is 25.6 Å². The monoisotopic (exact) mass is 538 g/mol. The third-order valence-electron chi connectivity index (χ3n) is 6.02. The van der Waals surface area contributed by atoms with Crippen molar-refractivity contribution in [1.82, 2.24) is 15.2 Å². The molecule has 200 valence electrons. The van der Waals surface area contributed by atoms with Crippen LogP contribution in [0, 0.1) is 0 Å². The summed E-state index contributed by atoms with van der Waals surface area (Å²) in [4.78, 5) is 37.0. The molecule has 2 aliphatic heterocycles. The van der Waals surface area contributed by atoms with Crippen molar-refractivity contribution in [1.29, 1.82) is 0 Å². The summed E-state index contributed by atoms with van der Waals surface area (Å²) in [7, 11) is 4.64. The molecule has 0 unspecified atom stereocenters. The lowest BCUT2D eigenvalue weighted by Gasteiger charge is -2.37. The normalized spacial score (nSPS) is 16.4. The molecular weight excluding hydrogens is 508 g/mol. The number of thioether (sulfide) groups is 1. The molecule has 0 bridgehead atoms. The van der Waals surface area contributed by atoms with Gasteiger partial charge in [-0.05, 0) is 30.0 Å². The van der Waals surface area contributed by atoms with Crippen LogP contribution in [-0.4, -0.2) is 61.5 Å². The Morgan fingerprint density at radius 1 is 1.11 bits per heavy atom. The molecule has 2 aromatic rings. The first kappa shape index (κ1) is 27.2. The van der Waals surface area contributed by atoms with Gasteiger partial charge in [0.25, 0.3) is 0 Å². The number of hydrogen-bond acceptors (Lipinski definition) is 10. The van der Waals surface area contributed by atoms with Gasteiger partial charge in [-0.2, -0.15) is 0 Å². The van der Waals surface area contributed by atoms with E-state index in [1.165, 1.54) is 18.9 Å². The molecule has 0 aliphatic carbocycles. The number of rotatable bonds is 11. The molecule has 1 aromatic heterocycles. The molecular formula is C27H30N4O6S. The number of benzene rings is 1. The van der Waals surface area contributed by atoms with Gasteiger partial charge in [0.2, 0.25) is 5.91 Å². The Hall–Kier alpha value is -3.83. The minimum absolute atomic E-state index is 0.0834. The number of methoxy groups -OCH3 is 3. The van der Waals surface area contributed by atoms with E-state index >= 15 is 0 Å². The van der Waals surface area contributed by atoms with Crippen molar-refractivity contribution in [3.63, 3.8) is 0 Å². The van der Waals surface area contributed by atoms with Crippen LogP contribution in [0.5, 0.6) is 11.5 Å². The third-order valence-corrected chi connectivity index (χ3v) is 6.91. The van der Waals surface area contributed by atoms with E-state index in [4.69, 9.17) is 18.9 Å². The van der Waals surface area contributed by atoms with Gasteiger partial charge in [-0.1, -0.05) is 30.0 Å². The van der Waals surface area contributed by atoms with Gasteiger partial charge < -0.3 is 29.2 Å². The van der Waals surface area contributed by atoms with Gasteiger partial charge in [-0.25, -0.2) is 9.79 Å². The molecule has 11 heteroatoms. The molecule has 0 fully saturated rings. The van der Waals surface area contributed by atoms with Crippen LogP contribution in [0.2, 0.25) is 0 Å². The summed E-state index contributed by atoms with van der Waals surface area (Å²) in [5.41, 5.74) is 3.15. The number of nitrogens with one attached hydrogen (secondary N) is 1. The summed E-state index contributed by atoms with van der Waals surface area (Å²) >= 11 is 1.40. The minimum Gasteiger partial charge on any atom is -0.493 e. The number of pyridine rings is 1. The number of para-hydroxylation sites is 1. The molecule has 3 heterocycles. The van der Waals surface area contributed by atoms with Crippen molar-refractivity contribution in [3.8, 4) is 11.5 Å². The number of aliphatic imine (C=N–C) groups is 1. The first-order chi connectivity index (χ1) is 18.5. The van der Waals surface area contributed by atoms with E-state index in [0.717, 1.165) is 5.56 Å². The van der Waals surface area contributed by atoms with E-state index in [9.17, 15) is 9.59 Å². The molecule has 0 saturated heterocycles. The van der Waals surface area contributed by atoms with Gasteiger partial charge in [0.05, 0.1) is 44.6 Å². The van der Waals surface area contributed by atoms with Gasteiger partial charge >= 0.3 is 5.97 Å². The van der Waals surface area contributed by atoms with Gasteiger partial charge in [0, 0.05) is 37.3 Å². The fourth-order valence-corrected chi connectivity index (χ4v) is 5.24. The number of allylic oxidation sites excluding steroid dienone is 1. The second kappa shape index (κ2) is 12.6. The molecule has 1 atom stereocenters. The predicted octanol–water partition coefficient (Wildman–Crippen LogP) is 3.57. The summed E-state index contributed by atoms with van der Waals surface area (Å²) in [5, 5.41) is 5.47. The standard InChI is InChI=1S/C27H30N4O6S/c1-17-23(26(33)37-12-11-34-2)24(20-8-5-9-21(35-3)25(20)36-4)31-19(16-38-27(31)30-17)13-22(32)29-15-18-7-6-10-28-14-18/h5-10,14,16,24H,11-13,15H2,1-4H3,(H,29,32)/t24-/m0/s1. The Balaban J connectivity index is 1.68. The fraction of sp³-hybridized carbons (Fsp3) is 0.333. The second-order valence-corrected chi connectivity index (χ2v) is 9.26. The van der Waals surface area contributed by atoms with Gasteiger partial charge in [0.15, 0.2) is 16.7 Å². The highest BCUT2D eigenvalue weighted by atomic mass is 32.2. The number of amidine groups is 1.